The minimum Gasteiger partial charge on any atom is -0.322 e. The average molecular weight is 326 g/mol. The molecule has 5 nitrogen and oxygen atoms in total. The highest BCUT2D eigenvalue weighted by Crippen LogP contribution is 2.28. The highest BCUT2D eigenvalue weighted by molar-refractivity contribution is 5.89. The minimum absolute atomic E-state index is 0.0259. The lowest BCUT2D eigenvalue weighted by molar-refractivity contribution is 0.205. The number of hydrogen-bond donors (Lipinski definition) is 1. The Morgan fingerprint density at radius 3 is 2.67 bits per heavy atom. The quantitative estimate of drug-likeness (QED) is 0.837. The van der Waals surface area contributed by atoms with Crippen molar-refractivity contribution >= 4 is 11.7 Å². The van der Waals surface area contributed by atoms with Crippen LogP contribution in [-0.4, -0.2) is 33.3 Å². The number of hydrogen-bond acceptors (Lipinski definition) is 2. The van der Waals surface area contributed by atoms with E-state index in [-0.39, 0.29) is 6.03 Å². The second-order valence-corrected chi connectivity index (χ2v) is 6.94. The van der Waals surface area contributed by atoms with Crippen molar-refractivity contribution in [1.29, 1.82) is 0 Å². The van der Waals surface area contributed by atoms with E-state index in [1.807, 2.05) is 46.1 Å². The molecule has 0 saturated heterocycles. The van der Waals surface area contributed by atoms with Gasteiger partial charge in [-0.2, -0.15) is 5.10 Å². The van der Waals surface area contributed by atoms with Gasteiger partial charge in [-0.05, 0) is 48.9 Å². The first-order valence-corrected chi connectivity index (χ1v) is 8.76. The molecular weight excluding hydrogens is 300 g/mol. The summed E-state index contributed by atoms with van der Waals surface area (Å²) in [5.41, 5.74) is 2.01. The van der Waals surface area contributed by atoms with Gasteiger partial charge in [-0.3, -0.25) is 4.68 Å². The van der Waals surface area contributed by atoms with Crippen LogP contribution < -0.4 is 5.32 Å². The first-order chi connectivity index (χ1) is 11.6. The predicted octanol–water partition coefficient (Wildman–Crippen LogP) is 3.97. The van der Waals surface area contributed by atoms with E-state index in [4.69, 9.17) is 0 Å². The van der Waals surface area contributed by atoms with E-state index in [1.165, 1.54) is 0 Å². The largest absolute Gasteiger partial charge is 0.322 e. The fourth-order valence-corrected chi connectivity index (χ4v) is 2.70. The monoisotopic (exact) mass is 326 g/mol. The number of benzene rings is 1. The van der Waals surface area contributed by atoms with E-state index in [0.29, 0.717) is 12.0 Å². The molecule has 128 valence electrons. The Morgan fingerprint density at radius 1 is 1.33 bits per heavy atom. The van der Waals surface area contributed by atoms with Crippen LogP contribution in [0.25, 0.3) is 0 Å². The number of aromatic nitrogens is 2. The summed E-state index contributed by atoms with van der Waals surface area (Å²) in [5, 5.41) is 7.24. The molecule has 1 saturated carbocycles. The van der Waals surface area contributed by atoms with Crippen LogP contribution in [0.5, 0.6) is 0 Å². The van der Waals surface area contributed by atoms with Crippen LogP contribution in [0.4, 0.5) is 10.5 Å². The molecular formula is C19H26N4O. The fraction of sp³-hybridized carbons (Fsp3) is 0.474. The van der Waals surface area contributed by atoms with E-state index in [9.17, 15) is 4.79 Å². The molecule has 0 atom stereocenters. The third-order valence-electron chi connectivity index (χ3n) is 4.30. The number of carbonyl (C=O) groups excluding carboxylic acids is 1. The Morgan fingerprint density at radius 2 is 2.08 bits per heavy atom. The third-order valence-corrected chi connectivity index (χ3v) is 4.30. The minimum atomic E-state index is 0.0259. The Balaban J connectivity index is 1.56. The molecule has 1 heterocycles. The first-order valence-electron chi connectivity index (χ1n) is 8.76. The standard InChI is InChI=1S/C19H26N4O/c1-15(2)10-13-23(18-8-9-18)19(24)21-17-6-4-16(5-7-17)14-22-12-3-11-20-22/h3-7,11-12,15,18H,8-10,13-14H2,1-2H3,(H,21,24). The molecule has 1 aromatic heterocycles. The lowest BCUT2D eigenvalue weighted by Gasteiger charge is -2.23. The van der Waals surface area contributed by atoms with Gasteiger partial charge in [0.2, 0.25) is 0 Å². The van der Waals surface area contributed by atoms with Gasteiger partial charge in [0.25, 0.3) is 0 Å². The molecule has 1 N–H and O–H groups in total. The van der Waals surface area contributed by atoms with Gasteiger partial charge in [-0.15, -0.1) is 0 Å². The van der Waals surface area contributed by atoms with E-state index < -0.39 is 0 Å². The van der Waals surface area contributed by atoms with E-state index in [2.05, 4.69) is 24.3 Å². The van der Waals surface area contributed by atoms with Gasteiger partial charge >= 0.3 is 6.03 Å². The van der Waals surface area contributed by atoms with Gasteiger partial charge < -0.3 is 10.2 Å². The van der Waals surface area contributed by atoms with Crippen LogP contribution in [0.1, 0.15) is 38.7 Å². The lowest BCUT2D eigenvalue weighted by Crippen LogP contribution is -2.37. The molecule has 0 bridgehead atoms. The second kappa shape index (κ2) is 7.51. The van der Waals surface area contributed by atoms with Crippen LogP contribution in [0, 0.1) is 5.92 Å². The smallest absolute Gasteiger partial charge is 0.322 e. The van der Waals surface area contributed by atoms with Crippen LogP contribution in [0.3, 0.4) is 0 Å². The number of nitrogens with one attached hydrogen (secondary N) is 1. The number of amides is 2. The van der Waals surface area contributed by atoms with Crippen LogP contribution in [0.15, 0.2) is 42.7 Å². The molecule has 0 spiro atoms. The van der Waals surface area contributed by atoms with Gasteiger partial charge in [0, 0.05) is 30.7 Å². The lowest BCUT2D eigenvalue weighted by atomic mass is 10.1. The molecule has 1 fully saturated rings. The summed E-state index contributed by atoms with van der Waals surface area (Å²) in [7, 11) is 0. The van der Waals surface area contributed by atoms with Gasteiger partial charge in [-0.1, -0.05) is 26.0 Å². The fourth-order valence-electron chi connectivity index (χ4n) is 2.70. The zero-order chi connectivity index (χ0) is 16.9. The Hall–Kier alpha value is -2.30. The van der Waals surface area contributed by atoms with Crippen molar-refractivity contribution < 1.29 is 4.79 Å². The molecule has 2 amide bonds. The van der Waals surface area contributed by atoms with Crippen molar-refractivity contribution in [3.8, 4) is 0 Å². The number of nitrogens with zero attached hydrogens (tertiary/aromatic N) is 3. The van der Waals surface area contributed by atoms with Gasteiger partial charge in [0.15, 0.2) is 0 Å². The second-order valence-electron chi connectivity index (χ2n) is 6.94. The Labute approximate surface area is 143 Å². The normalized spacial score (nSPS) is 14.0. The molecule has 0 unspecified atom stereocenters. The van der Waals surface area contributed by atoms with E-state index in [1.54, 1.807) is 6.20 Å². The molecule has 3 rings (SSSR count). The van der Waals surface area contributed by atoms with Gasteiger partial charge in [-0.25, -0.2) is 4.79 Å². The molecule has 1 aromatic carbocycles. The molecule has 2 aromatic rings. The maximum absolute atomic E-state index is 12.5. The molecule has 1 aliphatic rings. The molecule has 5 heteroatoms. The van der Waals surface area contributed by atoms with E-state index in [0.717, 1.165) is 43.6 Å². The summed E-state index contributed by atoms with van der Waals surface area (Å²) in [6, 6.07) is 10.4. The zero-order valence-electron chi connectivity index (χ0n) is 14.5. The summed E-state index contributed by atoms with van der Waals surface area (Å²) in [6.45, 7) is 5.97. The summed E-state index contributed by atoms with van der Waals surface area (Å²) in [5.74, 6) is 0.612. The molecule has 0 aliphatic heterocycles. The number of anilines is 1. The summed E-state index contributed by atoms with van der Waals surface area (Å²) in [4.78, 5) is 14.5. The highest BCUT2D eigenvalue weighted by Gasteiger charge is 2.32. The van der Waals surface area contributed by atoms with Crippen molar-refractivity contribution in [2.45, 2.75) is 45.7 Å². The van der Waals surface area contributed by atoms with Crippen molar-refractivity contribution in [2.24, 2.45) is 5.92 Å². The van der Waals surface area contributed by atoms with Crippen LogP contribution >= 0.6 is 0 Å². The maximum Gasteiger partial charge on any atom is 0.322 e. The van der Waals surface area contributed by atoms with Crippen molar-refractivity contribution in [1.82, 2.24) is 14.7 Å². The summed E-state index contributed by atoms with van der Waals surface area (Å²) >= 11 is 0. The maximum atomic E-state index is 12.5. The number of carbonyl (C=O) groups is 1. The molecule has 0 radical (unpaired) electrons. The highest BCUT2D eigenvalue weighted by atomic mass is 16.2. The topological polar surface area (TPSA) is 50.2 Å². The molecule has 1 aliphatic carbocycles. The first kappa shape index (κ1) is 16.6. The van der Waals surface area contributed by atoms with Crippen molar-refractivity contribution in [2.75, 3.05) is 11.9 Å². The number of rotatable bonds is 7. The Kier molecular flexibility index (Phi) is 5.18. The van der Waals surface area contributed by atoms with Gasteiger partial charge in [0.1, 0.15) is 0 Å². The summed E-state index contributed by atoms with van der Waals surface area (Å²) < 4.78 is 1.88. The van der Waals surface area contributed by atoms with Gasteiger partial charge in [0.05, 0.1) is 6.54 Å². The van der Waals surface area contributed by atoms with Crippen LogP contribution in [-0.2, 0) is 6.54 Å². The third kappa shape index (κ3) is 4.60. The van der Waals surface area contributed by atoms with Crippen LogP contribution in [0.2, 0.25) is 0 Å². The predicted molar refractivity (Wildman–Crippen MR) is 96.0 cm³/mol. The Bertz CT molecular complexity index is 645. The average Bonchev–Trinajstić information content (AvgIpc) is 3.25. The molecule has 24 heavy (non-hydrogen) atoms. The zero-order valence-corrected chi connectivity index (χ0v) is 14.5. The van der Waals surface area contributed by atoms with Crippen molar-refractivity contribution in [3.05, 3.63) is 48.3 Å². The van der Waals surface area contributed by atoms with E-state index >= 15 is 0 Å². The SMILES string of the molecule is CC(C)CCN(C(=O)Nc1ccc(Cn2cccn2)cc1)C1CC1. The summed E-state index contributed by atoms with van der Waals surface area (Å²) in [6.07, 6.45) is 7.03. The number of urea groups is 1. The van der Waals surface area contributed by atoms with Crippen molar-refractivity contribution in [3.63, 3.8) is 0 Å².